The summed E-state index contributed by atoms with van der Waals surface area (Å²) in [6.45, 7) is -0.00833. The molecule has 0 spiro atoms. The van der Waals surface area contributed by atoms with Gasteiger partial charge in [0.15, 0.2) is 0 Å². The molecule has 0 aliphatic carbocycles. The monoisotopic (exact) mass is 215 g/mol. The highest BCUT2D eigenvalue weighted by atomic mass is 31.1. The third-order valence-electron chi connectivity index (χ3n) is 1.54. The summed E-state index contributed by atoms with van der Waals surface area (Å²) in [6.07, 6.45) is 0. The van der Waals surface area contributed by atoms with E-state index >= 15 is 0 Å². The number of hydrogen-bond acceptors (Lipinski definition) is 3. The van der Waals surface area contributed by atoms with E-state index in [0.717, 1.165) is 0 Å². The van der Waals surface area contributed by atoms with Gasteiger partial charge in [0.25, 0.3) is 0 Å². The summed E-state index contributed by atoms with van der Waals surface area (Å²) in [5.74, 6) is -1.01. The second kappa shape index (κ2) is 4.81. The van der Waals surface area contributed by atoms with Gasteiger partial charge in [0.2, 0.25) is 0 Å². The highest BCUT2D eigenvalue weighted by Gasteiger charge is 2.11. The van der Waals surface area contributed by atoms with Gasteiger partial charge in [0.1, 0.15) is 6.61 Å². The van der Waals surface area contributed by atoms with Gasteiger partial charge in [-0.05, 0) is 17.7 Å². The average Bonchev–Trinajstić information content (AvgIpc) is 2.15. The summed E-state index contributed by atoms with van der Waals surface area (Å²) < 4.78 is 14.6. The van der Waals surface area contributed by atoms with Gasteiger partial charge in [-0.1, -0.05) is 12.1 Å². The lowest BCUT2D eigenvalue weighted by Gasteiger charge is -1.96. The maximum Gasteiger partial charge on any atom is 0.695 e. The maximum absolute atomic E-state index is 10.5. The Bertz CT molecular complexity index is 345. The van der Waals surface area contributed by atoms with Crippen LogP contribution >= 0.6 is 8.25 Å². The molecule has 2 N–H and O–H groups in total. The number of benzene rings is 1. The highest BCUT2D eigenvalue weighted by molar-refractivity contribution is 7.32. The first-order valence-electron chi connectivity index (χ1n) is 3.71. The third-order valence-corrected chi connectivity index (χ3v) is 1.89. The van der Waals surface area contributed by atoms with Crippen molar-refractivity contribution in [2.24, 2.45) is 0 Å². The Morgan fingerprint density at radius 3 is 2.36 bits per heavy atom. The largest absolute Gasteiger partial charge is 0.695 e. The van der Waals surface area contributed by atoms with Gasteiger partial charge in [-0.15, -0.1) is 9.42 Å². The van der Waals surface area contributed by atoms with Crippen LogP contribution in [0.15, 0.2) is 24.3 Å². The zero-order valence-electron chi connectivity index (χ0n) is 7.08. The molecule has 0 heterocycles. The predicted molar refractivity (Wildman–Crippen MR) is 48.0 cm³/mol. The van der Waals surface area contributed by atoms with E-state index in [4.69, 9.17) is 10.00 Å². The summed E-state index contributed by atoms with van der Waals surface area (Å²) in [4.78, 5) is 18.8. The lowest BCUT2D eigenvalue weighted by molar-refractivity contribution is 0.0696. The highest BCUT2D eigenvalue weighted by Crippen LogP contribution is 2.17. The molecule has 14 heavy (non-hydrogen) atoms. The average molecular weight is 215 g/mol. The molecule has 0 aliphatic rings. The number of rotatable bonds is 4. The van der Waals surface area contributed by atoms with Crippen molar-refractivity contribution in [3.8, 4) is 0 Å². The van der Waals surface area contributed by atoms with E-state index in [0.29, 0.717) is 5.56 Å². The first kappa shape index (κ1) is 10.8. The molecule has 0 fully saturated rings. The molecule has 0 bridgehead atoms. The topological polar surface area (TPSA) is 83.8 Å². The Morgan fingerprint density at radius 1 is 1.36 bits per heavy atom. The minimum absolute atomic E-state index is 0.00833. The molecule has 5 nitrogen and oxygen atoms in total. The van der Waals surface area contributed by atoms with Crippen LogP contribution in [-0.4, -0.2) is 16.0 Å². The fraction of sp³-hybridized carbons (Fsp3) is 0.125. The van der Waals surface area contributed by atoms with Crippen molar-refractivity contribution in [3.05, 3.63) is 35.4 Å². The van der Waals surface area contributed by atoms with E-state index < -0.39 is 14.2 Å². The molecule has 0 saturated heterocycles. The maximum atomic E-state index is 10.5. The summed E-state index contributed by atoms with van der Waals surface area (Å²) in [7, 11) is -2.61. The molecule has 1 aromatic carbocycles. The van der Waals surface area contributed by atoms with Crippen LogP contribution in [0, 0.1) is 0 Å². The molecule has 0 aliphatic heterocycles. The van der Waals surface area contributed by atoms with E-state index in [1.807, 2.05) is 0 Å². The van der Waals surface area contributed by atoms with Crippen LogP contribution in [0.4, 0.5) is 0 Å². The van der Waals surface area contributed by atoms with Gasteiger partial charge in [-0.3, -0.25) is 0 Å². The van der Waals surface area contributed by atoms with E-state index in [1.165, 1.54) is 24.3 Å². The molecule has 1 atom stereocenters. The molecular weight excluding hydrogens is 207 g/mol. The predicted octanol–water partition coefficient (Wildman–Crippen LogP) is 1.55. The van der Waals surface area contributed by atoms with E-state index in [9.17, 15) is 9.36 Å². The standard InChI is InChI=1S/C8H7O5P/c9-8(10)7-3-1-6(2-4-7)5-13-14(11)12/h1-4H,5H2,(H-,9,10,11,12)/p+1. The van der Waals surface area contributed by atoms with Crippen LogP contribution in [0.5, 0.6) is 0 Å². The number of carboxylic acid groups (broad SMARTS) is 1. The molecule has 0 saturated carbocycles. The molecule has 1 aromatic rings. The Balaban J connectivity index is 2.64. The van der Waals surface area contributed by atoms with Crippen LogP contribution in [0.3, 0.4) is 0 Å². The fourth-order valence-corrected chi connectivity index (χ4v) is 1.13. The fourth-order valence-electron chi connectivity index (χ4n) is 0.873. The third kappa shape index (κ3) is 3.22. The Hall–Kier alpha value is -1.29. The summed E-state index contributed by atoms with van der Waals surface area (Å²) in [6, 6.07) is 5.88. The molecular formula is C8H8O5P+. The van der Waals surface area contributed by atoms with Gasteiger partial charge in [-0.2, -0.15) is 0 Å². The van der Waals surface area contributed by atoms with Crippen LogP contribution < -0.4 is 0 Å². The second-order valence-corrected chi connectivity index (χ2v) is 3.25. The number of carboxylic acids is 1. The van der Waals surface area contributed by atoms with Crippen LogP contribution in [0.1, 0.15) is 15.9 Å². The second-order valence-electron chi connectivity index (χ2n) is 2.51. The lowest BCUT2D eigenvalue weighted by Crippen LogP contribution is -1.96. The quantitative estimate of drug-likeness (QED) is 0.744. The minimum Gasteiger partial charge on any atom is -0.478 e. The van der Waals surface area contributed by atoms with E-state index in [2.05, 4.69) is 4.52 Å². The Morgan fingerprint density at radius 2 is 1.93 bits per heavy atom. The molecule has 0 aromatic heterocycles. The van der Waals surface area contributed by atoms with Crippen molar-refractivity contribution in [2.45, 2.75) is 6.61 Å². The van der Waals surface area contributed by atoms with Crippen molar-refractivity contribution < 1.29 is 23.9 Å². The van der Waals surface area contributed by atoms with Gasteiger partial charge in [0, 0.05) is 4.57 Å². The zero-order chi connectivity index (χ0) is 10.6. The van der Waals surface area contributed by atoms with Crippen molar-refractivity contribution >= 4 is 14.2 Å². The molecule has 1 rings (SSSR count). The summed E-state index contributed by atoms with van der Waals surface area (Å²) in [5.41, 5.74) is 0.814. The van der Waals surface area contributed by atoms with Gasteiger partial charge >= 0.3 is 14.2 Å². The van der Waals surface area contributed by atoms with Crippen molar-refractivity contribution in [1.82, 2.24) is 0 Å². The molecule has 0 amide bonds. The lowest BCUT2D eigenvalue weighted by atomic mass is 10.1. The normalized spacial score (nSPS) is 11.1. The van der Waals surface area contributed by atoms with Crippen molar-refractivity contribution in [1.29, 1.82) is 0 Å². The minimum atomic E-state index is -2.61. The van der Waals surface area contributed by atoms with Crippen molar-refractivity contribution in [3.63, 3.8) is 0 Å². The molecule has 6 heteroatoms. The van der Waals surface area contributed by atoms with Crippen LogP contribution in [-0.2, 0) is 15.7 Å². The SMILES string of the molecule is O=C(O)c1ccc(CO[P+](=O)O)cc1. The van der Waals surface area contributed by atoms with Gasteiger partial charge in [-0.25, -0.2) is 4.79 Å². The molecule has 0 radical (unpaired) electrons. The first-order valence-corrected chi connectivity index (χ1v) is 4.84. The van der Waals surface area contributed by atoms with E-state index in [1.54, 1.807) is 0 Å². The smallest absolute Gasteiger partial charge is 0.478 e. The van der Waals surface area contributed by atoms with Crippen molar-refractivity contribution in [2.75, 3.05) is 0 Å². The number of aromatic carboxylic acids is 1. The molecule has 1 unspecified atom stereocenters. The molecule has 74 valence electrons. The number of hydrogen-bond donors (Lipinski definition) is 2. The summed E-state index contributed by atoms with van der Waals surface area (Å²) in [5, 5.41) is 8.58. The van der Waals surface area contributed by atoms with Crippen LogP contribution in [0.25, 0.3) is 0 Å². The number of carbonyl (C=O) groups is 1. The van der Waals surface area contributed by atoms with Gasteiger partial charge in [0.05, 0.1) is 5.56 Å². The zero-order valence-corrected chi connectivity index (χ0v) is 7.98. The van der Waals surface area contributed by atoms with Gasteiger partial charge < -0.3 is 5.11 Å². The summed E-state index contributed by atoms with van der Waals surface area (Å²) >= 11 is 0. The first-order chi connectivity index (χ1) is 6.59. The van der Waals surface area contributed by atoms with Crippen LogP contribution in [0.2, 0.25) is 0 Å². The van der Waals surface area contributed by atoms with E-state index in [-0.39, 0.29) is 12.2 Å². The Labute approximate surface area is 80.9 Å². The Kier molecular flexibility index (Phi) is 3.71.